The first-order chi connectivity index (χ1) is 9.66. The van der Waals surface area contributed by atoms with Gasteiger partial charge in [-0.1, -0.05) is 18.1 Å². The number of hydrogen-bond donors (Lipinski definition) is 0. The second kappa shape index (κ2) is 3.85. The van der Waals surface area contributed by atoms with Gasteiger partial charge in [0.2, 0.25) is 0 Å². The van der Waals surface area contributed by atoms with Gasteiger partial charge in [-0.3, -0.25) is 0 Å². The lowest BCUT2D eigenvalue weighted by Gasteiger charge is -2.60. The molecule has 0 aromatic rings. The van der Waals surface area contributed by atoms with Crippen LogP contribution >= 0.6 is 0 Å². The van der Waals surface area contributed by atoms with Crippen molar-refractivity contribution in [3.05, 3.63) is 11.6 Å². The van der Waals surface area contributed by atoms with E-state index in [0.29, 0.717) is 0 Å². The van der Waals surface area contributed by atoms with Crippen molar-refractivity contribution in [1.82, 2.24) is 0 Å². The summed E-state index contributed by atoms with van der Waals surface area (Å²) in [6.45, 7) is 0. The molecule has 4 aliphatic carbocycles. The summed E-state index contributed by atoms with van der Waals surface area (Å²) in [4.78, 5) is 0. The van der Waals surface area contributed by atoms with E-state index in [-0.39, 0.29) is 5.92 Å². The second-order valence-electron chi connectivity index (χ2n) is 6.13. The maximum absolute atomic E-state index is 9.79. The molecule has 2 bridgehead atoms. The molecule has 0 amide bonds. The molecular formula is C16H14N4. The minimum absolute atomic E-state index is 0.285. The summed E-state index contributed by atoms with van der Waals surface area (Å²) in [5.74, 6) is -0.285. The summed E-state index contributed by atoms with van der Waals surface area (Å²) in [6.07, 6.45) is 7.21. The van der Waals surface area contributed by atoms with E-state index in [9.17, 15) is 21.0 Å². The number of fused-ring (bicyclic) bond motifs is 2. The van der Waals surface area contributed by atoms with Crippen molar-refractivity contribution in [2.75, 3.05) is 0 Å². The Labute approximate surface area is 118 Å². The zero-order chi connectivity index (χ0) is 14.4. The Morgan fingerprint density at radius 1 is 0.950 bits per heavy atom. The van der Waals surface area contributed by atoms with Crippen LogP contribution in [-0.4, -0.2) is 0 Å². The van der Waals surface area contributed by atoms with Gasteiger partial charge in [-0.15, -0.1) is 0 Å². The lowest BCUT2D eigenvalue weighted by atomic mass is 9.36. The molecule has 20 heavy (non-hydrogen) atoms. The van der Waals surface area contributed by atoms with Crippen LogP contribution in [0.25, 0.3) is 0 Å². The molecule has 2 saturated carbocycles. The van der Waals surface area contributed by atoms with Gasteiger partial charge in [0, 0.05) is 11.3 Å². The van der Waals surface area contributed by atoms with E-state index in [1.54, 1.807) is 0 Å². The van der Waals surface area contributed by atoms with Crippen LogP contribution in [-0.2, 0) is 0 Å². The molecule has 4 rings (SSSR count). The molecule has 1 spiro atoms. The van der Waals surface area contributed by atoms with Crippen LogP contribution in [0.4, 0.5) is 0 Å². The van der Waals surface area contributed by atoms with Gasteiger partial charge in [-0.05, 0) is 32.1 Å². The molecule has 4 heteroatoms. The molecule has 0 unspecified atom stereocenters. The number of nitriles is 4. The smallest absolute Gasteiger partial charge is 0.185 e. The molecule has 0 heterocycles. The number of hydrogen-bond acceptors (Lipinski definition) is 4. The van der Waals surface area contributed by atoms with Gasteiger partial charge >= 0.3 is 0 Å². The number of allylic oxidation sites excluding steroid dienone is 2. The molecular weight excluding hydrogens is 248 g/mol. The fraction of sp³-hybridized carbons (Fsp3) is 0.625. The van der Waals surface area contributed by atoms with Crippen molar-refractivity contribution < 1.29 is 0 Å². The van der Waals surface area contributed by atoms with Crippen LogP contribution in [0.15, 0.2) is 11.6 Å². The van der Waals surface area contributed by atoms with E-state index in [0.717, 1.165) is 44.1 Å². The summed E-state index contributed by atoms with van der Waals surface area (Å²) in [6, 6.07) is 8.41. The Hall–Kier alpha value is -2.30. The average Bonchev–Trinajstić information content (AvgIpc) is 2.52. The molecule has 2 fully saturated rings. The van der Waals surface area contributed by atoms with Crippen molar-refractivity contribution in [3.8, 4) is 24.3 Å². The topological polar surface area (TPSA) is 95.2 Å². The zero-order valence-corrected chi connectivity index (χ0v) is 11.2. The fourth-order valence-corrected chi connectivity index (χ4v) is 4.79. The highest BCUT2D eigenvalue weighted by Gasteiger charge is 2.74. The van der Waals surface area contributed by atoms with E-state index in [1.807, 2.05) is 6.08 Å². The quantitative estimate of drug-likeness (QED) is 0.627. The van der Waals surface area contributed by atoms with Crippen molar-refractivity contribution >= 4 is 0 Å². The molecule has 98 valence electrons. The Balaban J connectivity index is 2.38. The standard InChI is InChI=1S/C16H14N4/c17-8-15(9-18)13-4-6-14(16(15,10-19)11-20)5-2-1-3-12(14)7-13/h7,13H,1-6H2/t13-,14+/m1/s1. The maximum atomic E-state index is 9.79. The van der Waals surface area contributed by atoms with Crippen LogP contribution in [0.3, 0.4) is 0 Å². The molecule has 4 aliphatic rings. The monoisotopic (exact) mass is 262 g/mol. The second-order valence-corrected chi connectivity index (χ2v) is 6.13. The highest BCUT2D eigenvalue weighted by Crippen LogP contribution is 2.71. The molecule has 4 nitrogen and oxygen atoms in total. The van der Waals surface area contributed by atoms with Gasteiger partial charge in [0.1, 0.15) is 0 Å². The first-order valence-corrected chi connectivity index (χ1v) is 7.02. The van der Waals surface area contributed by atoms with Crippen LogP contribution < -0.4 is 0 Å². The van der Waals surface area contributed by atoms with Gasteiger partial charge in [-0.25, -0.2) is 0 Å². The van der Waals surface area contributed by atoms with Crippen molar-refractivity contribution in [2.24, 2.45) is 22.2 Å². The third-order valence-corrected chi connectivity index (χ3v) is 5.75. The van der Waals surface area contributed by atoms with Crippen molar-refractivity contribution in [3.63, 3.8) is 0 Å². The van der Waals surface area contributed by atoms with Crippen LogP contribution in [0.5, 0.6) is 0 Å². The summed E-state index contributed by atoms with van der Waals surface area (Å²) in [5.41, 5.74) is -2.45. The Morgan fingerprint density at radius 2 is 1.65 bits per heavy atom. The molecule has 0 aliphatic heterocycles. The van der Waals surface area contributed by atoms with E-state index in [4.69, 9.17) is 0 Å². The van der Waals surface area contributed by atoms with Gasteiger partial charge in [0.15, 0.2) is 10.8 Å². The lowest BCUT2D eigenvalue weighted by Crippen LogP contribution is -2.62. The zero-order valence-electron chi connectivity index (χ0n) is 11.2. The lowest BCUT2D eigenvalue weighted by molar-refractivity contribution is -0.0221. The predicted octanol–water partition coefficient (Wildman–Crippen LogP) is 2.96. The minimum atomic E-state index is -1.52. The molecule has 0 N–H and O–H groups in total. The first kappa shape index (κ1) is 12.7. The van der Waals surface area contributed by atoms with Gasteiger partial charge in [0.25, 0.3) is 0 Å². The molecule has 2 atom stereocenters. The van der Waals surface area contributed by atoms with Gasteiger partial charge in [0.05, 0.1) is 24.3 Å². The van der Waals surface area contributed by atoms with Crippen LogP contribution in [0.2, 0.25) is 0 Å². The van der Waals surface area contributed by atoms with Crippen molar-refractivity contribution in [1.29, 1.82) is 21.0 Å². The number of nitrogens with zero attached hydrogens (tertiary/aromatic N) is 4. The third kappa shape index (κ3) is 1.02. The number of rotatable bonds is 0. The summed E-state index contributed by atoms with van der Waals surface area (Å²) in [5, 5.41) is 38.9. The first-order valence-electron chi connectivity index (χ1n) is 7.02. The van der Waals surface area contributed by atoms with Gasteiger partial charge < -0.3 is 0 Å². The van der Waals surface area contributed by atoms with E-state index in [2.05, 4.69) is 24.3 Å². The third-order valence-electron chi connectivity index (χ3n) is 5.75. The maximum Gasteiger partial charge on any atom is 0.185 e. The Kier molecular flexibility index (Phi) is 2.45. The minimum Gasteiger partial charge on any atom is -0.196 e. The summed E-state index contributed by atoms with van der Waals surface area (Å²) < 4.78 is 0. The summed E-state index contributed by atoms with van der Waals surface area (Å²) in [7, 11) is 0. The predicted molar refractivity (Wildman–Crippen MR) is 69.0 cm³/mol. The average molecular weight is 262 g/mol. The Morgan fingerprint density at radius 3 is 2.25 bits per heavy atom. The van der Waals surface area contributed by atoms with Gasteiger partial charge in [-0.2, -0.15) is 21.0 Å². The fourth-order valence-electron chi connectivity index (χ4n) is 4.79. The highest BCUT2D eigenvalue weighted by molar-refractivity contribution is 5.50. The van der Waals surface area contributed by atoms with E-state index < -0.39 is 16.2 Å². The van der Waals surface area contributed by atoms with Crippen molar-refractivity contribution in [2.45, 2.75) is 38.5 Å². The highest BCUT2D eigenvalue weighted by atomic mass is 14.7. The van der Waals surface area contributed by atoms with Crippen LogP contribution in [0.1, 0.15) is 38.5 Å². The molecule has 0 saturated heterocycles. The molecule has 0 radical (unpaired) electrons. The van der Waals surface area contributed by atoms with E-state index >= 15 is 0 Å². The SMILES string of the molecule is N#CC1(C#N)[C@H]2C=C3CCCC[C@@]3(CC2)C1(C#N)C#N. The molecule has 0 aromatic heterocycles. The normalized spacial score (nSPS) is 35.4. The molecule has 0 aromatic carbocycles. The largest absolute Gasteiger partial charge is 0.196 e. The van der Waals surface area contributed by atoms with E-state index in [1.165, 1.54) is 0 Å². The van der Waals surface area contributed by atoms with Crippen LogP contribution in [0, 0.1) is 67.5 Å². The Bertz CT molecular complexity index is 633. The summed E-state index contributed by atoms with van der Waals surface area (Å²) >= 11 is 0.